The number of benzene rings is 1. The fourth-order valence-corrected chi connectivity index (χ4v) is 4.92. The lowest BCUT2D eigenvalue weighted by molar-refractivity contribution is -0.126. The second kappa shape index (κ2) is 6.07. The summed E-state index contributed by atoms with van der Waals surface area (Å²) >= 11 is 0. The highest BCUT2D eigenvalue weighted by Crippen LogP contribution is 2.53. The smallest absolute Gasteiger partial charge is 0.238 e. The van der Waals surface area contributed by atoms with Gasteiger partial charge in [0.15, 0.2) is 0 Å². The first kappa shape index (κ1) is 17.0. The highest BCUT2D eigenvalue weighted by molar-refractivity contribution is 6.13. The van der Waals surface area contributed by atoms with Gasteiger partial charge in [-0.2, -0.15) is 4.39 Å². The van der Waals surface area contributed by atoms with Crippen LogP contribution in [0, 0.1) is 5.95 Å². The number of pyridine rings is 2. The molecule has 0 N–H and O–H groups in total. The van der Waals surface area contributed by atoms with E-state index in [0.29, 0.717) is 32.1 Å². The van der Waals surface area contributed by atoms with Gasteiger partial charge in [-0.3, -0.25) is 9.78 Å². The van der Waals surface area contributed by atoms with Crippen LogP contribution in [0.3, 0.4) is 0 Å². The molecule has 1 aromatic carbocycles. The summed E-state index contributed by atoms with van der Waals surface area (Å²) in [4.78, 5) is 24.1. The minimum absolute atomic E-state index is 0.210. The Morgan fingerprint density at radius 2 is 1.83 bits per heavy atom. The van der Waals surface area contributed by atoms with Crippen molar-refractivity contribution >= 4 is 22.5 Å². The molecule has 3 aromatic rings. The molecular formula is C23H20FN3O2. The lowest BCUT2D eigenvalue weighted by atomic mass is 9.74. The summed E-state index contributed by atoms with van der Waals surface area (Å²) in [5, 5.41) is 1.00. The quantitative estimate of drug-likeness (QED) is 0.622. The molecule has 0 unspecified atom stereocenters. The Labute approximate surface area is 167 Å². The summed E-state index contributed by atoms with van der Waals surface area (Å²) in [6.07, 6.45) is 6.91. The summed E-state index contributed by atoms with van der Waals surface area (Å²) < 4.78 is 18.9. The van der Waals surface area contributed by atoms with Gasteiger partial charge in [0.05, 0.1) is 22.8 Å². The summed E-state index contributed by atoms with van der Waals surface area (Å²) in [7, 11) is 0. The molecule has 6 heteroatoms. The van der Waals surface area contributed by atoms with Crippen molar-refractivity contribution in [2.24, 2.45) is 0 Å². The zero-order valence-corrected chi connectivity index (χ0v) is 15.9. The standard InChI is InChI=1S/C23H20FN3O2/c24-20-6-2-15(12-26-20)14-1-5-18-17(11-14)21-19(13-25-18)27(16-3-4-16)22(28)23(21)7-9-29-10-8-23/h1-2,5-6,11-13,16H,3-4,7-10H2. The molecule has 4 heterocycles. The molecule has 3 aliphatic rings. The van der Waals surface area contributed by atoms with E-state index in [4.69, 9.17) is 4.74 Å². The van der Waals surface area contributed by atoms with Crippen molar-refractivity contribution in [3.63, 3.8) is 0 Å². The third kappa shape index (κ3) is 2.45. The van der Waals surface area contributed by atoms with Gasteiger partial charge in [0.2, 0.25) is 11.9 Å². The van der Waals surface area contributed by atoms with Crippen molar-refractivity contribution in [3.8, 4) is 11.1 Å². The van der Waals surface area contributed by atoms with Crippen molar-refractivity contribution in [2.75, 3.05) is 18.1 Å². The molecule has 29 heavy (non-hydrogen) atoms. The summed E-state index contributed by atoms with van der Waals surface area (Å²) in [6.45, 7) is 1.18. The van der Waals surface area contributed by atoms with Crippen molar-refractivity contribution in [1.82, 2.24) is 9.97 Å². The minimum Gasteiger partial charge on any atom is -0.381 e. The van der Waals surface area contributed by atoms with Crippen LogP contribution in [-0.2, 0) is 14.9 Å². The van der Waals surface area contributed by atoms with Crippen LogP contribution < -0.4 is 4.90 Å². The number of ether oxygens (including phenoxy) is 1. The third-order valence-electron chi connectivity index (χ3n) is 6.53. The molecule has 146 valence electrons. The number of carbonyl (C=O) groups excluding carboxylic acids is 1. The highest BCUT2D eigenvalue weighted by Gasteiger charge is 2.55. The van der Waals surface area contributed by atoms with Gasteiger partial charge in [0, 0.05) is 42.0 Å². The Morgan fingerprint density at radius 1 is 1.03 bits per heavy atom. The maximum Gasteiger partial charge on any atom is 0.238 e. The van der Waals surface area contributed by atoms with Crippen molar-refractivity contribution < 1.29 is 13.9 Å². The molecule has 2 aromatic heterocycles. The van der Waals surface area contributed by atoms with Crippen LogP contribution in [0.4, 0.5) is 10.1 Å². The predicted molar refractivity (Wildman–Crippen MR) is 107 cm³/mol. The normalized spacial score (nSPS) is 20.4. The summed E-state index contributed by atoms with van der Waals surface area (Å²) in [5.41, 5.74) is 4.19. The van der Waals surface area contributed by atoms with E-state index in [2.05, 4.69) is 16.0 Å². The number of amides is 1. The van der Waals surface area contributed by atoms with E-state index < -0.39 is 11.4 Å². The number of hydrogen-bond acceptors (Lipinski definition) is 4. The van der Waals surface area contributed by atoms with E-state index in [1.165, 1.54) is 6.07 Å². The number of fused-ring (bicyclic) bond motifs is 4. The molecule has 1 spiro atoms. The van der Waals surface area contributed by atoms with Crippen molar-refractivity contribution in [2.45, 2.75) is 37.1 Å². The Kier molecular flexibility index (Phi) is 3.56. The highest BCUT2D eigenvalue weighted by atomic mass is 19.1. The number of anilines is 1. The molecule has 0 radical (unpaired) electrons. The Morgan fingerprint density at radius 3 is 2.55 bits per heavy atom. The van der Waals surface area contributed by atoms with E-state index in [0.717, 1.165) is 46.1 Å². The molecule has 2 fully saturated rings. The van der Waals surface area contributed by atoms with Crippen LogP contribution in [0.1, 0.15) is 31.2 Å². The average molecular weight is 389 g/mol. The lowest BCUT2D eigenvalue weighted by Crippen LogP contribution is -2.44. The van der Waals surface area contributed by atoms with Crippen LogP contribution in [0.2, 0.25) is 0 Å². The van der Waals surface area contributed by atoms with Gasteiger partial charge >= 0.3 is 0 Å². The topological polar surface area (TPSA) is 55.3 Å². The predicted octanol–water partition coefficient (Wildman–Crippen LogP) is 3.99. The molecule has 1 amide bonds. The van der Waals surface area contributed by atoms with Gasteiger partial charge in [-0.1, -0.05) is 6.07 Å². The lowest BCUT2D eigenvalue weighted by Gasteiger charge is -2.33. The number of nitrogens with zero attached hydrogens (tertiary/aromatic N) is 3. The number of halogens is 1. The Hall–Kier alpha value is -2.86. The van der Waals surface area contributed by atoms with Crippen LogP contribution in [0.15, 0.2) is 42.7 Å². The van der Waals surface area contributed by atoms with Gasteiger partial charge in [0.25, 0.3) is 0 Å². The first-order valence-corrected chi connectivity index (χ1v) is 10.1. The zero-order valence-electron chi connectivity index (χ0n) is 15.9. The van der Waals surface area contributed by atoms with Crippen LogP contribution in [0.5, 0.6) is 0 Å². The average Bonchev–Trinajstić information content (AvgIpc) is 3.56. The summed E-state index contributed by atoms with van der Waals surface area (Å²) in [5.74, 6) is -0.287. The third-order valence-corrected chi connectivity index (χ3v) is 6.53. The fraction of sp³-hybridized carbons (Fsp3) is 0.348. The van der Waals surface area contributed by atoms with E-state index in [9.17, 15) is 9.18 Å². The van der Waals surface area contributed by atoms with Gasteiger partial charge in [-0.25, -0.2) is 4.98 Å². The van der Waals surface area contributed by atoms with Gasteiger partial charge in [-0.15, -0.1) is 0 Å². The molecule has 5 nitrogen and oxygen atoms in total. The van der Waals surface area contributed by atoms with Crippen LogP contribution in [0.25, 0.3) is 22.0 Å². The molecule has 1 saturated heterocycles. The van der Waals surface area contributed by atoms with Crippen molar-refractivity contribution in [1.29, 1.82) is 0 Å². The van der Waals surface area contributed by atoms with Gasteiger partial charge in [0.1, 0.15) is 0 Å². The van der Waals surface area contributed by atoms with E-state index >= 15 is 0 Å². The van der Waals surface area contributed by atoms with Gasteiger partial charge < -0.3 is 9.64 Å². The maximum absolute atomic E-state index is 13.6. The first-order valence-electron chi connectivity index (χ1n) is 10.1. The second-order valence-corrected chi connectivity index (χ2v) is 8.22. The first-order chi connectivity index (χ1) is 14.2. The summed E-state index contributed by atoms with van der Waals surface area (Å²) in [6, 6.07) is 9.43. The zero-order chi connectivity index (χ0) is 19.6. The number of aromatic nitrogens is 2. The monoisotopic (exact) mass is 389 g/mol. The molecule has 0 bridgehead atoms. The SMILES string of the molecule is O=C1N(C2CC2)c2cnc3ccc(-c4ccc(F)nc4)cc3c2C12CCOCC2. The fourth-order valence-electron chi connectivity index (χ4n) is 4.92. The van der Waals surface area contributed by atoms with E-state index in [1.807, 2.05) is 23.2 Å². The van der Waals surface area contributed by atoms with Gasteiger partial charge in [-0.05, 0) is 55.5 Å². The Bertz CT molecular complexity index is 1130. The van der Waals surface area contributed by atoms with Crippen molar-refractivity contribution in [3.05, 3.63) is 54.2 Å². The molecule has 2 aliphatic heterocycles. The minimum atomic E-state index is -0.531. The molecule has 0 atom stereocenters. The second-order valence-electron chi connectivity index (χ2n) is 8.22. The van der Waals surface area contributed by atoms with E-state index in [-0.39, 0.29) is 5.91 Å². The van der Waals surface area contributed by atoms with Crippen LogP contribution in [-0.4, -0.2) is 35.1 Å². The number of rotatable bonds is 2. The number of carbonyl (C=O) groups is 1. The molecule has 1 saturated carbocycles. The molecular weight excluding hydrogens is 369 g/mol. The molecule has 1 aliphatic carbocycles. The number of hydrogen-bond donors (Lipinski definition) is 0. The maximum atomic E-state index is 13.6. The van der Waals surface area contributed by atoms with E-state index in [1.54, 1.807) is 12.3 Å². The molecule has 6 rings (SSSR count). The Balaban J connectivity index is 1.60. The largest absolute Gasteiger partial charge is 0.381 e. The van der Waals surface area contributed by atoms with Crippen LogP contribution >= 0.6 is 0 Å².